The van der Waals surface area contributed by atoms with Crippen LogP contribution in [0, 0.1) is 0 Å². The molecular weight excluding hydrogens is 491 g/mol. The summed E-state index contributed by atoms with van der Waals surface area (Å²) in [7, 11) is -3.18. The van der Waals surface area contributed by atoms with Gasteiger partial charge in [0.1, 0.15) is 5.76 Å². The predicted molar refractivity (Wildman–Crippen MR) is 125 cm³/mol. The number of nitrogens with zero attached hydrogens (tertiary/aromatic N) is 2. The highest BCUT2D eigenvalue weighted by Gasteiger charge is 2.30. The molecule has 2 rings (SSSR count). The molecule has 1 fully saturated rings. The van der Waals surface area contributed by atoms with Crippen LogP contribution < -0.4 is 10.6 Å². The van der Waals surface area contributed by atoms with Crippen molar-refractivity contribution in [2.45, 2.75) is 50.8 Å². The molecule has 9 heteroatoms. The highest BCUT2D eigenvalue weighted by Crippen LogP contribution is 2.24. The fraction of sp³-hybridized carbons (Fsp3) is 0.737. The monoisotopic (exact) mass is 526 g/mol. The van der Waals surface area contributed by atoms with Gasteiger partial charge >= 0.3 is 0 Å². The molecule has 1 aliphatic rings. The first kappa shape index (κ1) is 25.2. The molecule has 1 unspecified atom stereocenters. The molecule has 1 aromatic rings. The Kier molecular flexibility index (Phi) is 10.3. The molecule has 162 valence electrons. The third-order valence-corrected chi connectivity index (χ3v) is 7.27. The fourth-order valence-electron chi connectivity index (χ4n) is 3.04. The van der Waals surface area contributed by atoms with Crippen molar-refractivity contribution in [1.82, 2.24) is 15.5 Å². The Balaban J connectivity index is 0.00000392. The van der Waals surface area contributed by atoms with E-state index < -0.39 is 14.6 Å². The Bertz CT molecular complexity index is 699. The van der Waals surface area contributed by atoms with Gasteiger partial charge in [0, 0.05) is 19.3 Å². The lowest BCUT2D eigenvalue weighted by molar-refractivity contribution is 0.146. The van der Waals surface area contributed by atoms with Crippen molar-refractivity contribution < 1.29 is 12.8 Å². The Morgan fingerprint density at radius 3 is 2.50 bits per heavy atom. The second-order valence-corrected chi connectivity index (χ2v) is 10.4. The quantitative estimate of drug-likeness (QED) is 0.308. The van der Waals surface area contributed by atoms with E-state index in [1.54, 1.807) is 20.1 Å². The topological polar surface area (TPSA) is 86.9 Å². The van der Waals surface area contributed by atoms with E-state index in [1.807, 2.05) is 19.1 Å². The maximum absolute atomic E-state index is 11.9. The Morgan fingerprint density at radius 1 is 1.29 bits per heavy atom. The van der Waals surface area contributed by atoms with Crippen LogP contribution in [-0.2, 0) is 9.84 Å². The van der Waals surface area contributed by atoms with E-state index in [0.717, 1.165) is 18.8 Å². The van der Waals surface area contributed by atoms with Gasteiger partial charge in [-0.3, -0.25) is 9.89 Å². The summed E-state index contributed by atoms with van der Waals surface area (Å²) in [4.78, 5) is 6.96. The van der Waals surface area contributed by atoms with E-state index in [2.05, 4.69) is 20.5 Å². The zero-order chi connectivity index (χ0) is 19.9. The van der Waals surface area contributed by atoms with Gasteiger partial charge in [-0.1, -0.05) is 6.42 Å². The third kappa shape index (κ3) is 7.22. The number of furan rings is 1. The lowest BCUT2D eigenvalue weighted by atomic mass is 10.1. The van der Waals surface area contributed by atoms with Crippen LogP contribution >= 0.6 is 24.0 Å². The Hall–Kier alpha value is -0.810. The molecule has 0 aromatic carbocycles. The lowest BCUT2D eigenvalue weighted by Gasteiger charge is -2.33. The average molecular weight is 526 g/mol. The molecule has 7 nitrogen and oxygen atoms in total. The molecule has 28 heavy (non-hydrogen) atoms. The van der Waals surface area contributed by atoms with Crippen molar-refractivity contribution in [2.24, 2.45) is 4.99 Å². The molecule has 0 spiro atoms. The summed E-state index contributed by atoms with van der Waals surface area (Å²) in [6, 6.07) is 4.06. The predicted octanol–water partition coefficient (Wildman–Crippen LogP) is 2.80. The lowest BCUT2D eigenvalue weighted by Crippen LogP contribution is -2.45. The fourth-order valence-corrected chi connectivity index (χ4v) is 3.34. The summed E-state index contributed by atoms with van der Waals surface area (Å²) in [6.45, 7) is 9.08. The molecule has 1 aliphatic heterocycles. The van der Waals surface area contributed by atoms with Gasteiger partial charge in [0.05, 0.1) is 23.6 Å². The molecule has 2 N–H and O–H groups in total. The molecule has 2 heterocycles. The van der Waals surface area contributed by atoms with Crippen LogP contribution in [0.4, 0.5) is 0 Å². The SMILES string of the molecule is CCNC(=NCC(C)(C)S(C)(=O)=O)NCC(c1ccco1)N1CCCCC1.I. The number of hydrogen-bond donors (Lipinski definition) is 2. The molecule has 1 atom stereocenters. The first-order valence-corrected chi connectivity index (χ1v) is 11.6. The minimum atomic E-state index is -3.18. The minimum absolute atomic E-state index is 0. The van der Waals surface area contributed by atoms with E-state index in [-0.39, 0.29) is 36.6 Å². The van der Waals surface area contributed by atoms with Gasteiger partial charge in [-0.2, -0.15) is 0 Å². The Morgan fingerprint density at radius 2 is 1.96 bits per heavy atom. The first-order valence-electron chi connectivity index (χ1n) is 9.74. The van der Waals surface area contributed by atoms with Gasteiger partial charge in [-0.25, -0.2) is 8.42 Å². The van der Waals surface area contributed by atoms with Crippen LogP contribution in [0.2, 0.25) is 0 Å². The molecule has 1 aromatic heterocycles. The number of piperidine rings is 1. The number of halogens is 1. The zero-order valence-electron chi connectivity index (χ0n) is 17.4. The summed E-state index contributed by atoms with van der Waals surface area (Å²) in [6.07, 6.45) is 6.65. The van der Waals surface area contributed by atoms with Crippen molar-refractivity contribution in [3.05, 3.63) is 24.2 Å². The molecule has 0 radical (unpaired) electrons. The third-order valence-electron chi connectivity index (χ3n) is 5.13. The van der Waals surface area contributed by atoms with Gasteiger partial charge in [0.25, 0.3) is 0 Å². The second kappa shape index (κ2) is 11.4. The zero-order valence-corrected chi connectivity index (χ0v) is 20.5. The molecule has 0 amide bonds. The largest absolute Gasteiger partial charge is 0.468 e. The summed E-state index contributed by atoms with van der Waals surface area (Å²) in [5.74, 6) is 1.57. The smallest absolute Gasteiger partial charge is 0.191 e. The van der Waals surface area contributed by atoms with E-state index in [0.29, 0.717) is 19.0 Å². The van der Waals surface area contributed by atoms with E-state index in [4.69, 9.17) is 4.42 Å². The van der Waals surface area contributed by atoms with Crippen LogP contribution in [0.25, 0.3) is 0 Å². The van der Waals surface area contributed by atoms with Gasteiger partial charge in [-0.05, 0) is 58.8 Å². The molecular formula is C19H35IN4O3S. The van der Waals surface area contributed by atoms with Gasteiger partial charge < -0.3 is 15.1 Å². The molecule has 0 saturated carbocycles. The van der Waals surface area contributed by atoms with Crippen molar-refractivity contribution in [3.63, 3.8) is 0 Å². The standard InChI is InChI=1S/C19H34N4O3S.HI/c1-5-20-18(22-15-19(2,3)27(4,24)25)21-14-16(17-10-9-13-26-17)23-11-7-6-8-12-23;/h9-10,13,16H,5-8,11-12,14-15H2,1-4H3,(H2,20,21,22);1H. The van der Waals surface area contributed by atoms with Gasteiger partial charge in [0.15, 0.2) is 15.8 Å². The summed E-state index contributed by atoms with van der Waals surface area (Å²) >= 11 is 0. The van der Waals surface area contributed by atoms with Crippen LogP contribution in [0.5, 0.6) is 0 Å². The molecule has 0 bridgehead atoms. The maximum Gasteiger partial charge on any atom is 0.191 e. The normalized spacial score (nSPS) is 17.6. The van der Waals surface area contributed by atoms with Crippen LogP contribution in [-0.4, -0.2) is 63.0 Å². The highest BCUT2D eigenvalue weighted by molar-refractivity contribution is 14.0. The number of aliphatic imine (C=N–C) groups is 1. The molecule has 1 saturated heterocycles. The maximum atomic E-state index is 11.9. The van der Waals surface area contributed by atoms with Gasteiger partial charge in [-0.15, -0.1) is 24.0 Å². The van der Waals surface area contributed by atoms with Gasteiger partial charge in [0.2, 0.25) is 0 Å². The number of hydrogen-bond acceptors (Lipinski definition) is 5. The summed E-state index contributed by atoms with van der Waals surface area (Å²) in [5.41, 5.74) is 0. The van der Waals surface area contributed by atoms with Crippen LogP contribution in [0.1, 0.15) is 51.8 Å². The van der Waals surface area contributed by atoms with E-state index in [9.17, 15) is 8.42 Å². The first-order chi connectivity index (χ1) is 12.7. The number of guanidine groups is 1. The second-order valence-electron chi connectivity index (χ2n) is 7.74. The molecule has 0 aliphatic carbocycles. The van der Waals surface area contributed by atoms with Crippen molar-refractivity contribution >= 4 is 39.8 Å². The van der Waals surface area contributed by atoms with Crippen LogP contribution in [0.15, 0.2) is 27.8 Å². The number of nitrogens with one attached hydrogen (secondary N) is 2. The van der Waals surface area contributed by atoms with E-state index in [1.165, 1.54) is 25.5 Å². The summed E-state index contributed by atoms with van der Waals surface area (Å²) < 4.78 is 28.6. The number of sulfone groups is 1. The minimum Gasteiger partial charge on any atom is -0.468 e. The van der Waals surface area contributed by atoms with Crippen molar-refractivity contribution in [1.29, 1.82) is 0 Å². The highest BCUT2D eigenvalue weighted by atomic mass is 127. The van der Waals surface area contributed by atoms with Crippen molar-refractivity contribution in [3.8, 4) is 0 Å². The number of rotatable bonds is 8. The summed E-state index contributed by atoms with van der Waals surface area (Å²) in [5, 5.41) is 6.58. The van der Waals surface area contributed by atoms with E-state index >= 15 is 0 Å². The number of likely N-dealkylation sites (tertiary alicyclic amines) is 1. The average Bonchev–Trinajstić information content (AvgIpc) is 3.14. The van der Waals surface area contributed by atoms with Crippen molar-refractivity contribution in [2.75, 3.05) is 39.0 Å². The van der Waals surface area contributed by atoms with Crippen LogP contribution in [0.3, 0.4) is 0 Å². The Labute approximate surface area is 186 Å².